The van der Waals surface area contributed by atoms with Crippen molar-refractivity contribution in [2.24, 2.45) is 5.92 Å². The molecule has 1 rings (SSSR count). The third kappa shape index (κ3) is 2.06. The fourth-order valence-corrected chi connectivity index (χ4v) is 1.83. The molecule has 10 heavy (non-hydrogen) atoms. The molecule has 0 aliphatic heterocycles. The fourth-order valence-electron chi connectivity index (χ4n) is 0.775. The molecule has 1 nitrogen and oxygen atoms in total. The molecule has 0 fully saturated rings. The monoisotopic (exact) mass is 219 g/mol. The summed E-state index contributed by atoms with van der Waals surface area (Å²) in [6, 6.07) is 0. The third-order valence-electron chi connectivity index (χ3n) is 1.19. The zero-order chi connectivity index (χ0) is 7.56. The Morgan fingerprint density at radius 3 is 2.80 bits per heavy atom. The molecule has 1 heterocycles. The van der Waals surface area contributed by atoms with Gasteiger partial charge in [0.15, 0.2) is 0 Å². The SMILES string of the molecule is CC(C)Cc1ncsc1Br. The van der Waals surface area contributed by atoms with Gasteiger partial charge in [-0.1, -0.05) is 13.8 Å². The number of thiazole rings is 1. The first kappa shape index (κ1) is 8.21. The molecule has 0 aliphatic carbocycles. The Kier molecular flexibility index (Phi) is 2.86. The summed E-state index contributed by atoms with van der Waals surface area (Å²) >= 11 is 5.10. The van der Waals surface area contributed by atoms with E-state index >= 15 is 0 Å². The first-order valence-corrected chi connectivity index (χ1v) is 4.95. The average Bonchev–Trinajstić information content (AvgIpc) is 2.15. The highest BCUT2D eigenvalue weighted by Crippen LogP contribution is 2.22. The summed E-state index contributed by atoms with van der Waals surface area (Å²) in [5.74, 6) is 0.693. The van der Waals surface area contributed by atoms with Crippen LogP contribution in [0.4, 0.5) is 0 Å². The highest BCUT2D eigenvalue weighted by molar-refractivity contribution is 9.11. The number of hydrogen-bond donors (Lipinski definition) is 0. The lowest BCUT2D eigenvalue weighted by molar-refractivity contribution is 0.636. The van der Waals surface area contributed by atoms with E-state index in [1.165, 1.54) is 9.48 Å². The van der Waals surface area contributed by atoms with Crippen LogP contribution in [0.2, 0.25) is 0 Å². The molecule has 3 heteroatoms. The molecule has 1 aromatic rings. The second-order valence-corrected chi connectivity index (χ2v) is 4.84. The number of rotatable bonds is 2. The maximum absolute atomic E-state index is 4.23. The van der Waals surface area contributed by atoms with Gasteiger partial charge in [-0.15, -0.1) is 11.3 Å². The maximum atomic E-state index is 4.23. The summed E-state index contributed by atoms with van der Waals surface area (Å²) in [5.41, 5.74) is 3.07. The zero-order valence-electron chi connectivity index (χ0n) is 6.10. The van der Waals surface area contributed by atoms with E-state index in [0.29, 0.717) is 5.92 Å². The lowest BCUT2D eigenvalue weighted by Gasteiger charge is -1.99. The van der Waals surface area contributed by atoms with E-state index in [9.17, 15) is 0 Å². The van der Waals surface area contributed by atoms with Crippen LogP contribution in [0.15, 0.2) is 9.30 Å². The highest BCUT2D eigenvalue weighted by atomic mass is 79.9. The van der Waals surface area contributed by atoms with Crippen molar-refractivity contribution in [2.45, 2.75) is 20.3 Å². The average molecular weight is 220 g/mol. The van der Waals surface area contributed by atoms with Crippen molar-refractivity contribution in [1.29, 1.82) is 0 Å². The highest BCUT2D eigenvalue weighted by Gasteiger charge is 2.04. The molecule has 0 saturated heterocycles. The third-order valence-corrected chi connectivity index (χ3v) is 2.87. The summed E-state index contributed by atoms with van der Waals surface area (Å²) in [6.45, 7) is 4.40. The first-order chi connectivity index (χ1) is 4.70. The van der Waals surface area contributed by atoms with Crippen LogP contribution in [0.25, 0.3) is 0 Å². The van der Waals surface area contributed by atoms with Crippen molar-refractivity contribution in [3.63, 3.8) is 0 Å². The van der Waals surface area contributed by atoms with Crippen molar-refractivity contribution in [1.82, 2.24) is 4.98 Å². The molecule has 0 bridgehead atoms. The predicted octanol–water partition coefficient (Wildman–Crippen LogP) is 3.10. The fraction of sp³-hybridized carbons (Fsp3) is 0.571. The summed E-state index contributed by atoms with van der Waals surface area (Å²) < 4.78 is 1.18. The molecular weight excluding hydrogens is 210 g/mol. The van der Waals surface area contributed by atoms with Crippen molar-refractivity contribution in [3.05, 3.63) is 15.0 Å². The van der Waals surface area contributed by atoms with E-state index in [4.69, 9.17) is 0 Å². The van der Waals surface area contributed by atoms with Gasteiger partial charge in [-0.3, -0.25) is 0 Å². The maximum Gasteiger partial charge on any atom is 0.0929 e. The molecule has 0 spiro atoms. The Balaban J connectivity index is 2.65. The first-order valence-electron chi connectivity index (χ1n) is 3.28. The smallest absolute Gasteiger partial charge is 0.0929 e. The Bertz CT molecular complexity index is 207. The molecular formula is C7H10BrNS. The summed E-state index contributed by atoms with van der Waals surface area (Å²) in [5, 5.41) is 0. The number of nitrogens with zero attached hydrogens (tertiary/aromatic N) is 1. The van der Waals surface area contributed by atoms with Gasteiger partial charge < -0.3 is 0 Å². The molecule has 0 radical (unpaired) electrons. The molecule has 0 unspecified atom stereocenters. The van der Waals surface area contributed by atoms with E-state index in [0.717, 1.165) is 6.42 Å². The van der Waals surface area contributed by atoms with Crippen LogP contribution in [0.5, 0.6) is 0 Å². The molecule has 0 N–H and O–H groups in total. The van der Waals surface area contributed by atoms with Crippen LogP contribution in [0.1, 0.15) is 19.5 Å². The Morgan fingerprint density at radius 2 is 2.40 bits per heavy atom. The molecule has 0 atom stereocenters. The molecule has 1 aromatic heterocycles. The van der Waals surface area contributed by atoms with Crippen molar-refractivity contribution in [2.75, 3.05) is 0 Å². The van der Waals surface area contributed by atoms with Gasteiger partial charge in [0.2, 0.25) is 0 Å². The van der Waals surface area contributed by atoms with E-state index in [2.05, 4.69) is 34.8 Å². The summed E-state index contributed by atoms with van der Waals surface area (Å²) in [6.07, 6.45) is 1.07. The van der Waals surface area contributed by atoms with E-state index < -0.39 is 0 Å². The lowest BCUT2D eigenvalue weighted by Crippen LogP contribution is -1.94. The number of hydrogen-bond acceptors (Lipinski definition) is 2. The topological polar surface area (TPSA) is 12.9 Å². The van der Waals surface area contributed by atoms with Crippen LogP contribution in [-0.2, 0) is 6.42 Å². The van der Waals surface area contributed by atoms with E-state index in [-0.39, 0.29) is 0 Å². The van der Waals surface area contributed by atoms with Crippen LogP contribution >= 0.6 is 27.3 Å². The van der Waals surface area contributed by atoms with Crippen molar-refractivity contribution in [3.8, 4) is 0 Å². The van der Waals surface area contributed by atoms with Gasteiger partial charge in [-0.25, -0.2) is 4.98 Å². The second-order valence-electron chi connectivity index (χ2n) is 2.67. The Morgan fingerprint density at radius 1 is 1.70 bits per heavy atom. The van der Waals surface area contributed by atoms with Gasteiger partial charge in [-0.2, -0.15) is 0 Å². The Labute approximate surface area is 73.6 Å². The van der Waals surface area contributed by atoms with Gasteiger partial charge in [0.25, 0.3) is 0 Å². The quantitative estimate of drug-likeness (QED) is 0.746. The van der Waals surface area contributed by atoms with Crippen molar-refractivity contribution >= 4 is 27.3 Å². The number of halogens is 1. The summed E-state index contributed by atoms with van der Waals surface area (Å²) in [4.78, 5) is 4.23. The minimum atomic E-state index is 0.693. The molecule has 0 saturated carbocycles. The largest absolute Gasteiger partial charge is 0.248 e. The van der Waals surface area contributed by atoms with Gasteiger partial charge in [0.1, 0.15) is 0 Å². The normalized spacial score (nSPS) is 10.8. The van der Waals surface area contributed by atoms with Gasteiger partial charge >= 0.3 is 0 Å². The lowest BCUT2D eigenvalue weighted by atomic mass is 10.1. The van der Waals surface area contributed by atoms with Crippen LogP contribution in [-0.4, -0.2) is 4.98 Å². The predicted molar refractivity (Wildman–Crippen MR) is 48.4 cm³/mol. The molecule has 0 amide bonds. The van der Waals surface area contributed by atoms with Crippen molar-refractivity contribution < 1.29 is 0 Å². The number of aromatic nitrogens is 1. The standard InChI is InChI=1S/C7H10BrNS/c1-5(2)3-6-7(8)10-4-9-6/h4-5H,3H2,1-2H3. The Hall–Kier alpha value is 0.110. The minimum absolute atomic E-state index is 0.693. The molecule has 0 aliphatic rings. The van der Waals surface area contributed by atoms with Gasteiger partial charge in [0, 0.05) is 0 Å². The minimum Gasteiger partial charge on any atom is -0.248 e. The van der Waals surface area contributed by atoms with E-state index in [1.807, 2.05) is 5.51 Å². The molecule has 56 valence electrons. The van der Waals surface area contributed by atoms with Gasteiger partial charge in [-0.05, 0) is 28.3 Å². The van der Waals surface area contributed by atoms with Gasteiger partial charge in [0.05, 0.1) is 15.0 Å². The van der Waals surface area contributed by atoms with Crippen LogP contribution < -0.4 is 0 Å². The van der Waals surface area contributed by atoms with Crippen LogP contribution in [0.3, 0.4) is 0 Å². The van der Waals surface area contributed by atoms with Crippen LogP contribution in [0, 0.1) is 5.92 Å². The molecule has 0 aromatic carbocycles. The zero-order valence-corrected chi connectivity index (χ0v) is 8.50. The summed E-state index contributed by atoms with van der Waals surface area (Å²) in [7, 11) is 0. The second kappa shape index (κ2) is 3.49. The van der Waals surface area contributed by atoms with E-state index in [1.54, 1.807) is 11.3 Å².